The van der Waals surface area contributed by atoms with Crippen LogP contribution in [-0.2, 0) is 9.59 Å². The highest BCUT2D eigenvalue weighted by molar-refractivity contribution is 5.83. The summed E-state index contributed by atoms with van der Waals surface area (Å²) < 4.78 is 18.7. The molecular weight excluding hydrogens is 289 g/mol. The summed E-state index contributed by atoms with van der Waals surface area (Å²) in [6, 6.07) is 5.68. The first kappa shape index (κ1) is 16.2. The van der Waals surface area contributed by atoms with Crippen LogP contribution in [0.4, 0.5) is 4.39 Å². The predicted octanol–water partition coefficient (Wildman–Crippen LogP) is 0.141. The lowest BCUT2D eigenvalue weighted by atomic mass is 10.2. The molecule has 1 aliphatic heterocycles. The largest absolute Gasteiger partial charge is 0.490 e. The molecule has 1 saturated heterocycles. The van der Waals surface area contributed by atoms with Crippen molar-refractivity contribution in [3.63, 3.8) is 0 Å². The highest BCUT2D eigenvalue weighted by Crippen LogP contribution is 2.15. The van der Waals surface area contributed by atoms with Gasteiger partial charge in [0.2, 0.25) is 11.8 Å². The molecule has 1 atom stereocenters. The van der Waals surface area contributed by atoms with Crippen molar-refractivity contribution in [1.82, 2.24) is 15.5 Å². The third-order valence-corrected chi connectivity index (χ3v) is 3.50. The number of likely N-dealkylation sites (N-methyl/N-ethyl adjacent to an activating group) is 1. The monoisotopic (exact) mass is 309 g/mol. The van der Waals surface area contributed by atoms with Crippen LogP contribution in [-0.4, -0.2) is 56.0 Å². The van der Waals surface area contributed by atoms with Crippen LogP contribution in [0.3, 0.4) is 0 Å². The van der Waals surface area contributed by atoms with E-state index in [-0.39, 0.29) is 30.6 Å². The van der Waals surface area contributed by atoms with Crippen LogP contribution in [0.1, 0.15) is 6.42 Å². The van der Waals surface area contributed by atoms with Crippen molar-refractivity contribution in [1.29, 1.82) is 0 Å². The van der Waals surface area contributed by atoms with Gasteiger partial charge in [-0.05, 0) is 12.1 Å². The third kappa shape index (κ3) is 4.17. The molecule has 1 aliphatic rings. The SMILES string of the molecule is CNC(=O)C1CN(C(=O)CCOc2ccccc2F)CCN1. The molecule has 22 heavy (non-hydrogen) atoms. The Morgan fingerprint density at radius 3 is 2.95 bits per heavy atom. The summed E-state index contributed by atoms with van der Waals surface area (Å²) in [4.78, 5) is 25.3. The van der Waals surface area contributed by atoms with Gasteiger partial charge >= 0.3 is 0 Å². The Labute approximate surface area is 128 Å². The maximum Gasteiger partial charge on any atom is 0.238 e. The van der Waals surface area contributed by atoms with Crippen LogP contribution in [0.15, 0.2) is 24.3 Å². The molecule has 0 aromatic heterocycles. The van der Waals surface area contributed by atoms with E-state index in [2.05, 4.69) is 10.6 Å². The van der Waals surface area contributed by atoms with E-state index < -0.39 is 11.9 Å². The molecule has 2 N–H and O–H groups in total. The second-order valence-corrected chi connectivity index (χ2v) is 4.99. The van der Waals surface area contributed by atoms with Crippen molar-refractivity contribution in [2.45, 2.75) is 12.5 Å². The highest BCUT2D eigenvalue weighted by atomic mass is 19.1. The van der Waals surface area contributed by atoms with E-state index in [1.54, 1.807) is 24.1 Å². The van der Waals surface area contributed by atoms with Gasteiger partial charge in [0.05, 0.1) is 13.0 Å². The number of amides is 2. The van der Waals surface area contributed by atoms with Gasteiger partial charge in [-0.2, -0.15) is 0 Å². The van der Waals surface area contributed by atoms with Crippen LogP contribution in [0.25, 0.3) is 0 Å². The van der Waals surface area contributed by atoms with Crippen LogP contribution in [0.5, 0.6) is 5.75 Å². The summed E-state index contributed by atoms with van der Waals surface area (Å²) >= 11 is 0. The average Bonchev–Trinajstić information content (AvgIpc) is 2.56. The first-order valence-electron chi connectivity index (χ1n) is 7.22. The summed E-state index contributed by atoms with van der Waals surface area (Å²) in [5.74, 6) is -0.553. The lowest BCUT2D eigenvalue weighted by molar-refractivity contribution is -0.134. The van der Waals surface area contributed by atoms with Gasteiger partial charge in [-0.3, -0.25) is 9.59 Å². The molecule has 1 aromatic rings. The zero-order valence-corrected chi connectivity index (χ0v) is 12.5. The van der Waals surface area contributed by atoms with Crippen molar-refractivity contribution in [2.75, 3.05) is 33.3 Å². The van der Waals surface area contributed by atoms with Crippen LogP contribution in [0.2, 0.25) is 0 Å². The quantitative estimate of drug-likeness (QED) is 0.812. The maximum atomic E-state index is 13.4. The number of ether oxygens (including phenoxy) is 1. The van der Waals surface area contributed by atoms with Gasteiger partial charge in [-0.15, -0.1) is 0 Å². The molecule has 0 radical (unpaired) electrons. The number of nitrogens with one attached hydrogen (secondary N) is 2. The van der Waals surface area contributed by atoms with E-state index in [0.717, 1.165) is 0 Å². The molecule has 2 rings (SSSR count). The minimum absolute atomic E-state index is 0.105. The average molecular weight is 309 g/mol. The zero-order chi connectivity index (χ0) is 15.9. The van der Waals surface area contributed by atoms with Gasteiger partial charge in [0.15, 0.2) is 11.6 Å². The summed E-state index contributed by atoms with van der Waals surface area (Å²) in [7, 11) is 1.56. The Bertz CT molecular complexity index is 539. The fraction of sp³-hybridized carbons (Fsp3) is 0.467. The van der Waals surface area contributed by atoms with Gasteiger partial charge in [0, 0.05) is 26.7 Å². The van der Waals surface area contributed by atoms with Crippen molar-refractivity contribution in [3.05, 3.63) is 30.1 Å². The number of piperazine rings is 1. The van der Waals surface area contributed by atoms with E-state index in [9.17, 15) is 14.0 Å². The standard InChI is InChI=1S/C15H20FN3O3/c1-17-15(21)12-10-19(8-7-18-12)14(20)6-9-22-13-5-3-2-4-11(13)16/h2-5,12,18H,6-10H2,1H3,(H,17,21). The Hall–Kier alpha value is -2.15. The molecule has 120 valence electrons. The molecule has 0 bridgehead atoms. The minimum Gasteiger partial charge on any atom is -0.490 e. The minimum atomic E-state index is -0.447. The second kappa shape index (κ2) is 7.74. The van der Waals surface area contributed by atoms with Gasteiger partial charge in [-0.25, -0.2) is 4.39 Å². The molecule has 2 amide bonds. The topological polar surface area (TPSA) is 70.7 Å². The zero-order valence-electron chi connectivity index (χ0n) is 12.5. The van der Waals surface area contributed by atoms with Crippen molar-refractivity contribution in [2.24, 2.45) is 0 Å². The lowest BCUT2D eigenvalue weighted by Crippen LogP contribution is -2.58. The number of rotatable bonds is 5. The highest BCUT2D eigenvalue weighted by Gasteiger charge is 2.27. The normalized spacial score (nSPS) is 17.9. The van der Waals surface area contributed by atoms with Crippen molar-refractivity contribution < 1.29 is 18.7 Å². The molecule has 1 fully saturated rings. The Morgan fingerprint density at radius 2 is 2.23 bits per heavy atom. The third-order valence-electron chi connectivity index (χ3n) is 3.50. The molecule has 7 heteroatoms. The summed E-state index contributed by atoms with van der Waals surface area (Å²) in [6.45, 7) is 1.55. The smallest absolute Gasteiger partial charge is 0.238 e. The summed E-state index contributed by atoms with van der Waals surface area (Å²) in [5, 5.41) is 5.62. The fourth-order valence-electron chi connectivity index (χ4n) is 2.29. The van der Waals surface area contributed by atoms with Gasteiger partial charge in [-0.1, -0.05) is 12.1 Å². The van der Waals surface area contributed by atoms with Crippen LogP contribution >= 0.6 is 0 Å². The number of carbonyl (C=O) groups is 2. The van der Waals surface area contributed by atoms with Crippen LogP contribution in [0, 0.1) is 5.82 Å². The molecule has 1 heterocycles. The Balaban J connectivity index is 1.79. The number of hydrogen-bond donors (Lipinski definition) is 2. The molecule has 1 aromatic carbocycles. The Kier molecular flexibility index (Phi) is 5.71. The van der Waals surface area contributed by atoms with E-state index in [0.29, 0.717) is 19.6 Å². The molecule has 0 aliphatic carbocycles. The Morgan fingerprint density at radius 1 is 1.45 bits per heavy atom. The van der Waals surface area contributed by atoms with Crippen molar-refractivity contribution in [3.8, 4) is 5.75 Å². The van der Waals surface area contributed by atoms with Crippen molar-refractivity contribution >= 4 is 11.8 Å². The molecule has 1 unspecified atom stereocenters. The van der Waals surface area contributed by atoms with Gasteiger partial charge < -0.3 is 20.3 Å². The predicted molar refractivity (Wildman–Crippen MR) is 78.9 cm³/mol. The fourth-order valence-corrected chi connectivity index (χ4v) is 2.29. The number of hydrogen-bond acceptors (Lipinski definition) is 4. The second-order valence-electron chi connectivity index (χ2n) is 4.99. The van der Waals surface area contributed by atoms with E-state index in [1.165, 1.54) is 12.1 Å². The molecule has 0 saturated carbocycles. The van der Waals surface area contributed by atoms with E-state index >= 15 is 0 Å². The number of halogens is 1. The summed E-state index contributed by atoms with van der Waals surface area (Å²) in [5.41, 5.74) is 0. The molecule has 6 nitrogen and oxygen atoms in total. The van der Waals surface area contributed by atoms with Crippen LogP contribution < -0.4 is 15.4 Å². The first-order chi connectivity index (χ1) is 10.6. The van der Waals surface area contributed by atoms with E-state index in [1.807, 2.05) is 0 Å². The first-order valence-corrected chi connectivity index (χ1v) is 7.22. The number of nitrogens with zero attached hydrogens (tertiary/aromatic N) is 1. The number of benzene rings is 1. The molecule has 0 spiro atoms. The van der Waals surface area contributed by atoms with E-state index in [4.69, 9.17) is 4.74 Å². The lowest BCUT2D eigenvalue weighted by Gasteiger charge is -2.32. The molecular formula is C15H20FN3O3. The number of carbonyl (C=O) groups excluding carboxylic acids is 2. The number of para-hydroxylation sites is 1. The van der Waals surface area contributed by atoms with Gasteiger partial charge in [0.1, 0.15) is 6.04 Å². The maximum absolute atomic E-state index is 13.4. The van der Waals surface area contributed by atoms with Gasteiger partial charge in [0.25, 0.3) is 0 Å². The summed E-state index contributed by atoms with van der Waals surface area (Å²) in [6.07, 6.45) is 0.148.